The van der Waals surface area contributed by atoms with Gasteiger partial charge in [0.2, 0.25) is 5.82 Å². The van der Waals surface area contributed by atoms with Crippen LogP contribution in [0.3, 0.4) is 0 Å². The number of hydrogen-bond donors (Lipinski definition) is 2. The number of rotatable bonds is 3. The molecule has 0 aliphatic carbocycles. The molecule has 44 heavy (non-hydrogen) atoms. The topological polar surface area (TPSA) is 99.5 Å². The number of piperidine rings is 2. The van der Waals surface area contributed by atoms with Crippen molar-refractivity contribution in [1.82, 2.24) is 30.4 Å². The van der Waals surface area contributed by atoms with E-state index in [1.54, 1.807) is 25.3 Å². The number of halogens is 1. The molecule has 2 aromatic carbocycles. The number of piperazine rings is 1. The molecule has 5 saturated heterocycles. The number of aromatic hydroxyl groups is 1. The van der Waals surface area contributed by atoms with Crippen molar-refractivity contribution in [3.05, 3.63) is 47.5 Å². The third-order valence-corrected chi connectivity index (χ3v) is 9.88. The van der Waals surface area contributed by atoms with E-state index in [1.807, 2.05) is 6.07 Å². The fourth-order valence-corrected chi connectivity index (χ4v) is 7.70. The maximum atomic E-state index is 16.8. The number of hydrogen-bond acceptors (Lipinski definition) is 9. The van der Waals surface area contributed by atoms with Crippen LogP contribution in [0.4, 0.5) is 10.2 Å². The first kappa shape index (κ1) is 27.2. The van der Waals surface area contributed by atoms with Crippen molar-refractivity contribution < 1.29 is 14.2 Å². The molecule has 5 aliphatic rings. The maximum Gasteiger partial charge on any atom is 0.207 e. The van der Waals surface area contributed by atoms with Crippen LogP contribution in [-0.2, 0) is 4.74 Å². The summed E-state index contributed by atoms with van der Waals surface area (Å²) in [5, 5.41) is 24.3. The van der Waals surface area contributed by atoms with Gasteiger partial charge in [-0.3, -0.25) is 4.90 Å². The summed E-state index contributed by atoms with van der Waals surface area (Å²) in [6.07, 6.45) is 10.9. The van der Waals surface area contributed by atoms with Gasteiger partial charge in [-0.15, -0.1) is 16.6 Å². The van der Waals surface area contributed by atoms with Crippen molar-refractivity contribution in [2.24, 2.45) is 0 Å². The third-order valence-electron chi connectivity index (χ3n) is 9.88. The molecule has 0 saturated carbocycles. The van der Waals surface area contributed by atoms with E-state index in [2.05, 4.69) is 48.1 Å². The Kier molecular flexibility index (Phi) is 6.42. The number of fused-ring (bicyclic) bond motifs is 6. The first-order valence-corrected chi connectivity index (χ1v) is 15.2. The zero-order valence-corrected chi connectivity index (χ0v) is 24.5. The van der Waals surface area contributed by atoms with Gasteiger partial charge in [-0.05, 0) is 61.7 Å². The number of phenols is 1. The number of phenolic OH excluding ortho intramolecular Hbond substituents is 1. The second-order valence-electron chi connectivity index (χ2n) is 12.4. The average Bonchev–Trinajstić information content (AvgIpc) is 3.61. The van der Waals surface area contributed by atoms with E-state index in [0.717, 1.165) is 58.3 Å². The van der Waals surface area contributed by atoms with E-state index in [9.17, 15) is 5.11 Å². The van der Waals surface area contributed by atoms with E-state index in [4.69, 9.17) is 16.1 Å². The fraction of sp³-hybridized carbons (Fsp3) is 0.412. The fourth-order valence-electron chi connectivity index (χ4n) is 7.70. The zero-order chi connectivity index (χ0) is 30.0. The molecule has 0 amide bonds. The average molecular weight is 590 g/mol. The molecular formula is C34H32FN7O2. The van der Waals surface area contributed by atoms with Crippen molar-refractivity contribution in [2.45, 2.75) is 55.8 Å². The number of methoxy groups -OCH3 is 1. The second-order valence-corrected chi connectivity index (χ2v) is 12.4. The molecule has 7 heterocycles. The molecule has 4 aromatic rings. The number of anilines is 1. The van der Waals surface area contributed by atoms with Crippen molar-refractivity contribution in [3.63, 3.8) is 0 Å². The van der Waals surface area contributed by atoms with E-state index in [0.29, 0.717) is 39.3 Å². The quantitative estimate of drug-likeness (QED) is 0.347. The molecule has 222 valence electrons. The SMILES string of the molecule is C#Cc1cccc2cc(O)cc(-c3nnc4c(N5C[C@H]6CC[C@@H]5CN6)nc(C#C[C@@]56CCCN5C[C@H](OC)C6)nc4c3F)c12. The Morgan fingerprint density at radius 1 is 1.16 bits per heavy atom. The number of benzene rings is 2. The van der Waals surface area contributed by atoms with Gasteiger partial charge in [-0.1, -0.05) is 24.0 Å². The standard InChI is InChI=1S/C34H32FN7O2/c1-3-20-6-4-7-21-14-24(43)15-26(28(20)21)30-29(35)31-32(40-39-30)33(42-18-22-8-9-23(42)17-36-22)38-27(37-31)10-12-34-11-5-13-41(34)19-25(16-34)44-2/h1,4,6-7,14-15,22-23,25,36,43H,5,8-9,11,13,16-19H2,2H3/t22-,23-,25-,34-/m1/s1. The Balaban J connectivity index is 1.32. The molecule has 5 fully saturated rings. The van der Waals surface area contributed by atoms with Gasteiger partial charge >= 0.3 is 0 Å². The van der Waals surface area contributed by atoms with Crippen LogP contribution in [0.1, 0.15) is 43.5 Å². The maximum absolute atomic E-state index is 16.8. The lowest BCUT2D eigenvalue weighted by Crippen LogP contribution is -2.61. The Hall–Kier alpha value is -4.35. The highest BCUT2D eigenvalue weighted by Gasteiger charge is 2.47. The number of ether oxygens (including phenoxy) is 1. The summed E-state index contributed by atoms with van der Waals surface area (Å²) in [7, 11) is 1.75. The number of nitrogens with one attached hydrogen (secondary N) is 1. The van der Waals surface area contributed by atoms with Crippen molar-refractivity contribution >= 4 is 27.6 Å². The minimum Gasteiger partial charge on any atom is -0.508 e. The van der Waals surface area contributed by atoms with Gasteiger partial charge in [0.25, 0.3) is 0 Å². The molecule has 9 rings (SSSR count). The first-order valence-electron chi connectivity index (χ1n) is 15.2. The molecule has 0 spiro atoms. The number of nitrogens with zero attached hydrogens (tertiary/aromatic N) is 6. The Morgan fingerprint density at radius 3 is 2.84 bits per heavy atom. The van der Waals surface area contributed by atoms with Crippen LogP contribution in [0.5, 0.6) is 5.75 Å². The van der Waals surface area contributed by atoms with Crippen LogP contribution in [0.25, 0.3) is 33.1 Å². The van der Waals surface area contributed by atoms with Gasteiger partial charge in [0.1, 0.15) is 17.0 Å². The van der Waals surface area contributed by atoms with Crippen LogP contribution in [0, 0.1) is 30.0 Å². The first-order chi connectivity index (χ1) is 21.5. The van der Waals surface area contributed by atoms with Crippen molar-refractivity contribution in [1.29, 1.82) is 0 Å². The van der Waals surface area contributed by atoms with Gasteiger partial charge in [-0.2, -0.15) is 0 Å². The summed E-state index contributed by atoms with van der Waals surface area (Å²) < 4.78 is 22.5. The van der Waals surface area contributed by atoms with Gasteiger partial charge in [-0.25, -0.2) is 14.4 Å². The zero-order valence-electron chi connectivity index (χ0n) is 24.5. The molecule has 9 nitrogen and oxygen atoms in total. The molecule has 0 radical (unpaired) electrons. The Bertz CT molecular complexity index is 1920. The molecular weight excluding hydrogens is 557 g/mol. The minimum absolute atomic E-state index is 0.0268. The van der Waals surface area contributed by atoms with E-state index < -0.39 is 5.82 Å². The van der Waals surface area contributed by atoms with Crippen molar-refractivity contribution in [3.8, 4) is 41.2 Å². The highest BCUT2D eigenvalue weighted by molar-refractivity contribution is 6.02. The number of aromatic nitrogens is 4. The van der Waals surface area contributed by atoms with Gasteiger partial charge in [0, 0.05) is 61.8 Å². The van der Waals surface area contributed by atoms with Crippen LogP contribution >= 0.6 is 0 Å². The Labute approximate surface area is 254 Å². The Morgan fingerprint density at radius 2 is 2.07 bits per heavy atom. The summed E-state index contributed by atoms with van der Waals surface area (Å²) in [5.74, 6) is 9.58. The monoisotopic (exact) mass is 589 g/mol. The van der Waals surface area contributed by atoms with E-state index in [-0.39, 0.29) is 40.5 Å². The molecule has 10 heteroatoms. The normalized spacial score (nSPS) is 26.1. The molecule has 2 N–H and O–H groups in total. The second kappa shape index (κ2) is 10.4. The summed E-state index contributed by atoms with van der Waals surface area (Å²) in [5.41, 5.74) is 0.941. The minimum atomic E-state index is -0.651. The smallest absolute Gasteiger partial charge is 0.207 e. The molecule has 4 atom stereocenters. The summed E-state index contributed by atoms with van der Waals surface area (Å²) >= 11 is 0. The lowest BCUT2D eigenvalue weighted by molar-refractivity contribution is 0.108. The molecule has 2 aromatic heterocycles. The predicted molar refractivity (Wildman–Crippen MR) is 166 cm³/mol. The highest BCUT2D eigenvalue weighted by atomic mass is 19.1. The van der Waals surface area contributed by atoms with Crippen molar-refractivity contribution in [2.75, 3.05) is 38.2 Å². The molecule has 0 unspecified atom stereocenters. The van der Waals surface area contributed by atoms with Crippen LogP contribution in [0.2, 0.25) is 0 Å². The third kappa shape index (κ3) is 4.28. The van der Waals surface area contributed by atoms with Gasteiger partial charge < -0.3 is 20.1 Å². The van der Waals surface area contributed by atoms with Gasteiger partial charge in [0.05, 0.1) is 11.6 Å². The highest BCUT2D eigenvalue weighted by Crippen LogP contribution is 2.40. The van der Waals surface area contributed by atoms with Crippen LogP contribution < -0.4 is 10.2 Å². The lowest BCUT2D eigenvalue weighted by Gasteiger charge is -2.46. The number of terminal acetylenes is 1. The predicted octanol–water partition coefficient (Wildman–Crippen LogP) is 3.61. The van der Waals surface area contributed by atoms with Crippen LogP contribution in [0.15, 0.2) is 30.3 Å². The molecule has 5 aliphatic heterocycles. The summed E-state index contributed by atoms with van der Waals surface area (Å²) in [4.78, 5) is 14.2. The van der Waals surface area contributed by atoms with Crippen LogP contribution in [-0.4, -0.2) is 87.2 Å². The summed E-state index contributed by atoms with van der Waals surface area (Å²) in [6, 6.07) is 9.01. The molecule has 2 bridgehead atoms. The van der Waals surface area contributed by atoms with Gasteiger partial charge in [0.15, 0.2) is 17.2 Å². The lowest BCUT2D eigenvalue weighted by atomic mass is 9.93. The summed E-state index contributed by atoms with van der Waals surface area (Å²) in [6.45, 7) is 3.40. The van der Waals surface area contributed by atoms with E-state index >= 15 is 4.39 Å². The van der Waals surface area contributed by atoms with E-state index in [1.165, 1.54) is 6.07 Å². The largest absolute Gasteiger partial charge is 0.508 e.